The van der Waals surface area contributed by atoms with Gasteiger partial charge in [0.05, 0.1) is 6.10 Å². The number of hydrogen-bond acceptors (Lipinski definition) is 5. The van der Waals surface area contributed by atoms with E-state index in [1.807, 2.05) is 27.7 Å². The second-order valence-electron chi connectivity index (χ2n) is 17.8. The van der Waals surface area contributed by atoms with Gasteiger partial charge in [-0.25, -0.2) is 9.18 Å². The number of carbonyl (C=O) groups is 3. The third-order valence-electron chi connectivity index (χ3n) is 14.9. The van der Waals surface area contributed by atoms with Crippen LogP contribution in [0.25, 0.3) is 0 Å². The quantitative estimate of drug-likeness (QED) is 0.321. The Morgan fingerprint density at radius 1 is 1.02 bits per heavy atom. The van der Waals surface area contributed by atoms with Gasteiger partial charge in [-0.2, -0.15) is 0 Å². The van der Waals surface area contributed by atoms with Crippen LogP contribution in [-0.2, 0) is 9.59 Å². The van der Waals surface area contributed by atoms with E-state index in [0.29, 0.717) is 49.0 Å². The van der Waals surface area contributed by atoms with Gasteiger partial charge in [-0.3, -0.25) is 14.5 Å². The van der Waals surface area contributed by atoms with E-state index in [1.54, 1.807) is 13.0 Å². The summed E-state index contributed by atoms with van der Waals surface area (Å²) in [6, 6.07) is 0. The molecule has 1 amide bonds. The van der Waals surface area contributed by atoms with Crippen LogP contribution in [0.2, 0.25) is 0 Å². The summed E-state index contributed by atoms with van der Waals surface area (Å²) in [5.41, 5.74) is -6.24. The van der Waals surface area contributed by atoms with Crippen molar-refractivity contribution in [2.45, 2.75) is 128 Å². The number of aliphatic hydroxyl groups excluding tert-OH is 2. The van der Waals surface area contributed by atoms with E-state index in [1.165, 1.54) is 36.3 Å². The van der Waals surface area contributed by atoms with Gasteiger partial charge in [0.15, 0.2) is 17.2 Å². The van der Waals surface area contributed by atoms with E-state index in [9.17, 15) is 29.7 Å². The van der Waals surface area contributed by atoms with Crippen molar-refractivity contribution in [1.29, 1.82) is 0 Å². The van der Waals surface area contributed by atoms with Gasteiger partial charge in [-0.1, -0.05) is 25.5 Å². The Balaban J connectivity index is 1.33. The number of fused-ring (bicyclic) bond motifs is 5. The zero-order valence-corrected chi connectivity index (χ0v) is 27.7. The average Bonchev–Trinajstić information content (AvgIpc) is 3.14. The number of carbonyl (C=O) groups excluding carboxylic acids is 2. The number of amides is 1. The summed E-state index contributed by atoms with van der Waals surface area (Å²) in [6.45, 7) is 8.65. The van der Waals surface area contributed by atoms with E-state index in [2.05, 4.69) is 0 Å². The minimum atomic E-state index is -2.08. The first-order chi connectivity index (χ1) is 21.0. The Morgan fingerprint density at radius 3 is 2.18 bits per heavy atom. The molecule has 0 aromatic carbocycles. The van der Waals surface area contributed by atoms with Crippen LogP contribution in [0, 0.1) is 51.8 Å². The highest BCUT2D eigenvalue weighted by Gasteiger charge is 2.78. The maximum Gasteiger partial charge on any atom is 0.408 e. The van der Waals surface area contributed by atoms with E-state index in [-0.39, 0.29) is 17.6 Å². The van der Waals surface area contributed by atoms with Gasteiger partial charge >= 0.3 is 6.09 Å². The number of nitrogens with zero attached hydrogens (tertiary/aromatic N) is 1. The van der Waals surface area contributed by atoms with Crippen LogP contribution in [0.5, 0.6) is 0 Å². The second kappa shape index (κ2) is 9.74. The van der Waals surface area contributed by atoms with Crippen LogP contribution in [0.3, 0.4) is 0 Å². The molecule has 8 atom stereocenters. The Kier molecular flexibility index (Phi) is 6.83. The molecule has 7 saturated carbocycles. The van der Waals surface area contributed by atoms with Gasteiger partial charge < -0.3 is 15.3 Å². The molecule has 0 spiro atoms. The number of rotatable bonds is 6. The first-order valence-electron chi connectivity index (χ1n) is 17.5. The number of Topliss-reactive ketones (excluding diaryl/α,β-unsaturated/α-hetero) is 1. The average molecular weight is 626 g/mol. The van der Waals surface area contributed by atoms with Crippen LogP contribution in [0.15, 0.2) is 23.8 Å². The monoisotopic (exact) mass is 625 g/mol. The van der Waals surface area contributed by atoms with Gasteiger partial charge in [-0.05, 0) is 139 Å². The first kappa shape index (κ1) is 31.5. The Hall–Kier alpha value is -2.06. The summed E-state index contributed by atoms with van der Waals surface area (Å²) in [7, 11) is 0. The van der Waals surface area contributed by atoms with Crippen LogP contribution in [0.1, 0.15) is 105 Å². The summed E-state index contributed by atoms with van der Waals surface area (Å²) in [5.74, 6) is -0.221. The molecule has 0 saturated heterocycles. The van der Waals surface area contributed by atoms with Crippen molar-refractivity contribution >= 4 is 17.7 Å². The summed E-state index contributed by atoms with van der Waals surface area (Å²) in [4.78, 5) is 41.8. The molecular weight excluding hydrogens is 573 g/mol. The fourth-order valence-corrected chi connectivity index (χ4v) is 14.3. The fourth-order valence-electron chi connectivity index (χ4n) is 14.3. The number of halogens is 1. The number of allylic oxidation sites excluding steroid dienone is 4. The first-order valence-corrected chi connectivity index (χ1v) is 17.5. The minimum absolute atomic E-state index is 0.0309. The molecule has 0 aromatic rings. The zero-order valence-electron chi connectivity index (χ0n) is 27.7. The zero-order chi connectivity index (χ0) is 32.5. The molecule has 8 heteroatoms. The van der Waals surface area contributed by atoms with Crippen molar-refractivity contribution in [3.05, 3.63) is 23.8 Å². The van der Waals surface area contributed by atoms with Crippen LogP contribution >= 0.6 is 0 Å². The van der Waals surface area contributed by atoms with Crippen molar-refractivity contribution in [3.63, 3.8) is 0 Å². The van der Waals surface area contributed by atoms with E-state index >= 15 is 4.39 Å². The number of ketones is 2. The number of alkyl halides is 1. The molecule has 0 aromatic heterocycles. The second-order valence-corrected chi connectivity index (χ2v) is 17.8. The minimum Gasteiger partial charge on any atom is -0.465 e. The van der Waals surface area contributed by atoms with Gasteiger partial charge in [0.1, 0.15) is 12.1 Å². The highest BCUT2D eigenvalue weighted by Crippen LogP contribution is 2.73. The van der Waals surface area contributed by atoms with E-state index in [0.717, 1.165) is 19.3 Å². The lowest BCUT2D eigenvalue weighted by Gasteiger charge is -2.66. The molecule has 3 unspecified atom stereocenters. The van der Waals surface area contributed by atoms with Crippen molar-refractivity contribution < 1.29 is 34.1 Å². The Labute approximate surface area is 266 Å². The summed E-state index contributed by atoms with van der Waals surface area (Å²) in [6.07, 6.45) is 10.8. The van der Waals surface area contributed by atoms with Gasteiger partial charge in [0, 0.05) is 22.3 Å². The Bertz CT molecular complexity index is 1350. The maximum atomic E-state index is 17.9. The predicted octanol–water partition coefficient (Wildman–Crippen LogP) is 6.27. The molecule has 8 aliphatic rings. The van der Waals surface area contributed by atoms with Gasteiger partial charge in [-0.15, -0.1) is 0 Å². The standard InChI is InChI=1S/C37H52FNO6/c1-21-10-28-27-7-6-25-14-26(41)8-9-33(25,4)36(27,38)29(42)18-34(28,5)37(21,30(43)19-40)39(31(44)45)32(2,3)20-35-15-22-11-23(16-35)13-24(12-22)17-35/h8-9,14,21-24,27-29,40,42H,6-7,10-13,15-20H2,1-5H3,(H,44,45)/t21-,22?,23?,24?,27?,28?,29-,33-,34-,35?,36?,37+/m0/s1. The lowest BCUT2D eigenvalue weighted by Crippen LogP contribution is -2.76. The molecule has 248 valence electrons. The normalized spacial score (nSPS) is 49.6. The molecule has 7 fully saturated rings. The SMILES string of the molecule is C[C@H]1CC2C3CCC4=CC(=O)C=C[C@]4(C)C3(F)[C@@H](O)C[C@]2(C)[C@@]1(C(=O)CO)N(C(=O)O)C(C)(C)CC12CC3CC(CC(C3)C1)C2. The third kappa shape index (κ3) is 3.90. The number of hydrogen-bond donors (Lipinski definition) is 3. The number of aliphatic hydroxyl groups is 2. The summed E-state index contributed by atoms with van der Waals surface area (Å²) < 4.78 is 17.9. The van der Waals surface area contributed by atoms with E-state index in [4.69, 9.17) is 0 Å². The third-order valence-corrected chi connectivity index (χ3v) is 14.9. The van der Waals surface area contributed by atoms with Crippen molar-refractivity contribution in [3.8, 4) is 0 Å². The molecular formula is C37H52FNO6. The van der Waals surface area contributed by atoms with Crippen LogP contribution < -0.4 is 0 Å². The molecule has 45 heavy (non-hydrogen) atoms. The van der Waals surface area contributed by atoms with Crippen molar-refractivity contribution in [2.75, 3.05) is 6.61 Å². The highest BCUT2D eigenvalue weighted by atomic mass is 19.1. The lowest BCUT2D eigenvalue weighted by atomic mass is 9.44. The molecule has 0 heterocycles. The van der Waals surface area contributed by atoms with E-state index < -0.39 is 69.9 Å². The smallest absolute Gasteiger partial charge is 0.408 e. The van der Waals surface area contributed by atoms with Gasteiger partial charge in [0.2, 0.25) is 0 Å². The lowest BCUT2D eigenvalue weighted by molar-refractivity contribution is -0.214. The molecule has 3 N–H and O–H groups in total. The van der Waals surface area contributed by atoms with Crippen molar-refractivity contribution in [1.82, 2.24) is 4.90 Å². The molecule has 0 radical (unpaired) electrons. The molecule has 8 rings (SSSR count). The maximum absolute atomic E-state index is 17.9. The van der Waals surface area contributed by atoms with Gasteiger partial charge in [0.25, 0.3) is 0 Å². The summed E-state index contributed by atoms with van der Waals surface area (Å²) >= 11 is 0. The van der Waals surface area contributed by atoms with Crippen LogP contribution in [-0.4, -0.2) is 67.3 Å². The largest absolute Gasteiger partial charge is 0.465 e. The molecule has 4 bridgehead atoms. The highest BCUT2D eigenvalue weighted by molar-refractivity contribution is 6.01. The summed E-state index contributed by atoms with van der Waals surface area (Å²) in [5, 5.41) is 33.8. The van der Waals surface area contributed by atoms with Crippen LogP contribution in [0.4, 0.5) is 9.18 Å². The molecule has 8 aliphatic carbocycles. The number of carboxylic acid groups (broad SMARTS) is 1. The molecule has 7 nitrogen and oxygen atoms in total. The van der Waals surface area contributed by atoms with Crippen molar-refractivity contribution in [2.24, 2.45) is 51.8 Å². The topological polar surface area (TPSA) is 115 Å². The molecule has 0 aliphatic heterocycles. The predicted molar refractivity (Wildman–Crippen MR) is 167 cm³/mol. The Morgan fingerprint density at radius 2 is 1.62 bits per heavy atom. The fraction of sp³-hybridized carbons (Fsp3) is 0.811.